The van der Waals surface area contributed by atoms with E-state index >= 15 is 0 Å². The Hall–Kier alpha value is -1.10. The van der Waals surface area contributed by atoms with Crippen molar-refractivity contribution in [3.63, 3.8) is 0 Å². The van der Waals surface area contributed by atoms with Gasteiger partial charge in [0, 0.05) is 39.6 Å². The number of piperidine rings is 1. The van der Waals surface area contributed by atoms with Crippen molar-refractivity contribution in [2.75, 3.05) is 26.8 Å². The molecule has 18 heavy (non-hydrogen) atoms. The van der Waals surface area contributed by atoms with Crippen molar-refractivity contribution < 1.29 is 19.4 Å². The van der Waals surface area contributed by atoms with Crippen LogP contribution >= 0.6 is 0 Å². The number of methoxy groups -OCH3 is 1. The van der Waals surface area contributed by atoms with Crippen molar-refractivity contribution in [1.82, 2.24) is 4.90 Å². The highest BCUT2D eigenvalue weighted by Gasteiger charge is 2.22. The molecule has 0 aromatic rings. The van der Waals surface area contributed by atoms with Gasteiger partial charge in [-0.3, -0.25) is 9.59 Å². The van der Waals surface area contributed by atoms with Gasteiger partial charge in [-0.15, -0.1) is 0 Å². The molecule has 0 bridgehead atoms. The molecule has 1 saturated heterocycles. The molecule has 0 saturated carbocycles. The average Bonchev–Trinajstić information content (AvgIpc) is 2.35. The molecule has 1 heterocycles. The van der Waals surface area contributed by atoms with Crippen molar-refractivity contribution in [2.24, 2.45) is 5.92 Å². The van der Waals surface area contributed by atoms with Gasteiger partial charge in [-0.1, -0.05) is 0 Å². The first-order chi connectivity index (χ1) is 8.63. The Morgan fingerprint density at radius 1 is 1.22 bits per heavy atom. The molecule has 104 valence electrons. The van der Waals surface area contributed by atoms with Crippen molar-refractivity contribution in [3.05, 3.63) is 0 Å². The lowest BCUT2D eigenvalue weighted by molar-refractivity contribution is -0.137. The fourth-order valence-corrected chi connectivity index (χ4v) is 2.30. The predicted octanol–water partition coefficient (Wildman–Crippen LogP) is 1.52. The summed E-state index contributed by atoms with van der Waals surface area (Å²) in [7, 11) is 1.71. The van der Waals surface area contributed by atoms with Gasteiger partial charge in [0.1, 0.15) is 0 Å². The number of carboxylic acids is 1. The van der Waals surface area contributed by atoms with Gasteiger partial charge in [-0.25, -0.2) is 0 Å². The number of carboxylic acid groups (broad SMARTS) is 1. The average molecular weight is 257 g/mol. The zero-order valence-electron chi connectivity index (χ0n) is 11.1. The SMILES string of the molecule is COCC1CCN(C(=O)CCCCC(=O)O)CC1. The van der Waals surface area contributed by atoms with Crippen LogP contribution in [0.2, 0.25) is 0 Å². The number of likely N-dealkylation sites (tertiary alicyclic amines) is 1. The maximum absolute atomic E-state index is 11.9. The van der Waals surface area contributed by atoms with E-state index in [4.69, 9.17) is 9.84 Å². The molecule has 0 aromatic heterocycles. The van der Waals surface area contributed by atoms with Gasteiger partial charge in [0.05, 0.1) is 0 Å². The van der Waals surface area contributed by atoms with Crippen LogP contribution in [-0.2, 0) is 14.3 Å². The van der Waals surface area contributed by atoms with Crippen LogP contribution in [0.3, 0.4) is 0 Å². The van der Waals surface area contributed by atoms with Crippen LogP contribution in [0.25, 0.3) is 0 Å². The summed E-state index contributed by atoms with van der Waals surface area (Å²) < 4.78 is 5.12. The lowest BCUT2D eigenvalue weighted by Crippen LogP contribution is -2.39. The second kappa shape index (κ2) is 8.08. The molecular weight excluding hydrogens is 234 g/mol. The molecule has 1 aliphatic heterocycles. The molecular formula is C13H23NO4. The Bertz CT molecular complexity index is 272. The molecule has 0 radical (unpaired) electrons. The van der Waals surface area contributed by atoms with Gasteiger partial charge < -0.3 is 14.7 Å². The zero-order valence-corrected chi connectivity index (χ0v) is 11.1. The van der Waals surface area contributed by atoms with Crippen LogP contribution in [0.5, 0.6) is 0 Å². The van der Waals surface area contributed by atoms with Crippen LogP contribution in [-0.4, -0.2) is 48.7 Å². The number of hydrogen-bond donors (Lipinski definition) is 1. The quantitative estimate of drug-likeness (QED) is 0.702. The lowest BCUT2D eigenvalue weighted by atomic mass is 9.97. The third-order valence-corrected chi connectivity index (χ3v) is 3.40. The van der Waals surface area contributed by atoms with Crippen LogP contribution in [0, 0.1) is 5.92 Å². The maximum atomic E-state index is 11.9. The number of hydrogen-bond acceptors (Lipinski definition) is 3. The summed E-state index contributed by atoms with van der Waals surface area (Å²) >= 11 is 0. The standard InChI is InChI=1S/C13H23NO4/c1-18-10-11-6-8-14(9-7-11)12(15)4-2-3-5-13(16)17/h11H,2-10H2,1H3,(H,16,17). The minimum atomic E-state index is -0.789. The van der Waals surface area contributed by atoms with Gasteiger partial charge in [0.15, 0.2) is 0 Å². The van der Waals surface area contributed by atoms with Crippen LogP contribution in [0.15, 0.2) is 0 Å². The molecule has 1 aliphatic rings. The van der Waals surface area contributed by atoms with E-state index in [0.29, 0.717) is 25.2 Å². The monoisotopic (exact) mass is 257 g/mol. The van der Waals surface area contributed by atoms with E-state index in [1.165, 1.54) is 0 Å². The maximum Gasteiger partial charge on any atom is 0.303 e. The summed E-state index contributed by atoms with van der Waals surface area (Å²) in [5.41, 5.74) is 0. The smallest absolute Gasteiger partial charge is 0.303 e. The van der Waals surface area contributed by atoms with E-state index < -0.39 is 5.97 Å². The highest BCUT2D eigenvalue weighted by atomic mass is 16.5. The van der Waals surface area contributed by atoms with Gasteiger partial charge in [-0.2, -0.15) is 0 Å². The lowest BCUT2D eigenvalue weighted by Gasteiger charge is -2.31. The van der Waals surface area contributed by atoms with Gasteiger partial charge >= 0.3 is 5.97 Å². The molecule has 0 atom stereocenters. The summed E-state index contributed by atoms with van der Waals surface area (Å²) in [6, 6.07) is 0. The molecule has 1 fully saturated rings. The fraction of sp³-hybridized carbons (Fsp3) is 0.846. The first-order valence-electron chi connectivity index (χ1n) is 6.62. The Morgan fingerprint density at radius 2 is 1.83 bits per heavy atom. The summed E-state index contributed by atoms with van der Waals surface area (Å²) in [5, 5.41) is 8.50. The fourth-order valence-electron chi connectivity index (χ4n) is 2.30. The zero-order chi connectivity index (χ0) is 13.4. The first-order valence-corrected chi connectivity index (χ1v) is 6.62. The molecule has 1 N–H and O–H groups in total. The van der Waals surface area contributed by atoms with E-state index in [-0.39, 0.29) is 12.3 Å². The van der Waals surface area contributed by atoms with E-state index in [1.807, 2.05) is 4.90 Å². The Balaban J connectivity index is 2.14. The minimum absolute atomic E-state index is 0.156. The van der Waals surface area contributed by atoms with Crippen molar-refractivity contribution >= 4 is 11.9 Å². The number of ether oxygens (including phenoxy) is 1. The van der Waals surface area contributed by atoms with Crippen LogP contribution in [0.1, 0.15) is 38.5 Å². The van der Waals surface area contributed by atoms with Gasteiger partial charge in [0.25, 0.3) is 0 Å². The highest BCUT2D eigenvalue weighted by Crippen LogP contribution is 2.18. The summed E-state index contributed by atoms with van der Waals surface area (Å²) in [6.45, 7) is 2.40. The third kappa shape index (κ3) is 5.49. The summed E-state index contributed by atoms with van der Waals surface area (Å²) in [4.78, 5) is 24.1. The molecule has 0 aromatic carbocycles. The first kappa shape index (κ1) is 15.0. The number of nitrogens with zero attached hydrogens (tertiary/aromatic N) is 1. The van der Waals surface area contributed by atoms with Crippen molar-refractivity contribution in [1.29, 1.82) is 0 Å². The molecule has 0 unspecified atom stereocenters. The Labute approximate surface area is 108 Å². The van der Waals surface area contributed by atoms with Crippen molar-refractivity contribution in [3.8, 4) is 0 Å². The molecule has 1 rings (SSSR count). The third-order valence-electron chi connectivity index (χ3n) is 3.40. The molecule has 5 nitrogen and oxygen atoms in total. The normalized spacial score (nSPS) is 16.8. The van der Waals surface area contributed by atoms with Crippen LogP contribution in [0.4, 0.5) is 0 Å². The minimum Gasteiger partial charge on any atom is -0.481 e. The number of unbranched alkanes of at least 4 members (excludes halogenated alkanes) is 1. The highest BCUT2D eigenvalue weighted by molar-refractivity contribution is 5.76. The summed E-state index contributed by atoms with van der Waals surface area (Å²) in [5.74, 6) is -0.0508. The van der Waals surface area contributed by atoms with Crippen LogP contribution < -0.4 is 0 Å². The molecule has 5 heteroatoms. The topological polar surface area (TPSA) is 66.8 Å². The predicted molar refractivity (Wildman–Crippen MR) is 67.3 cm³/mol. The second-order valence-electron chi connectivity index (χ2n) is 4.88. The largest absolute Gasteiger partial charge is 0.481 e. The number of carbonyl (C=O) groups excluding carboxylic acids is 1. The Kier molecular flexibility index (Phi) is 6.72. The number of amides is 1. The number of rotatable bonds is 7. The summed E-state index contributed by atoms with van der Waals surface area (Å²) in [6.07, 6.45) is 3.90. The van der Waals surface area contributed by atoms with E-state index in [2.05, 4.69) is 0 Å². The van der Waals surface area contributed by atoms with Gasteiger partial charge in [-0.05, 0) is 31.6 Å². The number of carbonyl (C=O) groups is 2. The van der Waals surface area contributed by atoms with E-state index in [9.17, 15) is 9.59 Å². The second-order valence-corrected chi connectivity index (χ2v) is 4.88. The Morgan fingerprint density at radius 3 is 2.39 bits per heavy atom. The molecule has 1 amide bonds. The van der Waals surface area contributed by atoms with Gasteiger partial charge in [0.2, 0.25) is 5.91 Å². The van der Waals surface area contributed by atoms with E-state index in [1.54, 1.807) is 7.11 Å². The molecule has 0 aliphatic carbocycles. The molecule has 0 spiro atoms. The number of aliphatic carboxylic acids is 1. The van der Waals surface area contributed by atoms with E-state index in [0.717, 1.165) is 32.5 Å². The van der Waals surface area contributed by atoms with Crippen molar-refractivity contribution in [2.45, 2.75) is 38.5 Å².